The van der Waals surface area contributed by atoms with Gasteiger partial charge in [-0.05, 0) is 142 Å². The summed E-state index contributed by atoms with van der Waals surface area (Å²) in [4.78, 5) is 7.25. The molecule has 0 N–H and O–H groups in total. The summed E-state index contributed by atoms with van der Waals surface area (Å²) in [5.74, 6) is 4.67. The molecule has 0 radical (unpaired) electrons. The first-order chi connectivity index (χ1) is 37.6. The molecule has 4 heterocycles. The number of nitrogens with zero attached hydrogens (tertiary/aromatic N) is 3. The quantitative estimate of drug-likeness (QED) is 0.107. The fourth-order valence-electron chi connectivity index (χ4n) is 12.3. The van der Waals surface area contributed by atoms with Crippen LogP contribution < -0.4 is 61.7 Å². The van der Waals surface area contributed by atoms with Gasteiger partial charge in [0.2, 0.25) is 0 Å². The normalized spacial score (nSPS) is 13.2. The first-order valence-corrected chi connectivity index (χ1v) is 27.1. The van der Waals surface area contributed by atoms with Gasteiger partial charge in [-0.15, -0.1) is 0 Å². The van der Waals surface area contributed by atoms with Crippen LogP contribution in [0.25, 0.3) is 0 Å². The highest BCUT2D eigenvalue weighted by Gasteiger charge is 2.48. The molecule has 0 saturated heterocycles. The number of benzene rings is 10. The Labute approximate surface area is 446 Å². The van der Waals surface area contributed by atoms with Crippen molar-refractivity contribution < 1.29 is 14.2 Å². The molecule has 0 aliphatic carbocycles. The Morgan fingerprint density at radius 3 is 1.25 bits per heavy atom. The lowest BCUT2D eigenvalue weighted by molar-refractivity contribution is 0.463. The van der Waals surface area contributed by atoms with Gasteiger partial charge in [-0.2, -0.15) is 0 Å². The highest BCUT2D eigenvalue weighted by atomic mass is 16.5. The molecule has 0 bridgehead atoms. The second-order valence-electron chi connectivity index (χ2n) is 20.5. The Bertz CT molecular complexity index is 3800. The zero-order valence-corrected chi connectivity index (χ0v) is 42.8. The molecule has 0 spiro atoms. The molecule has 14 rings (SSSR count). The second kappa shape index (κ2) is 19.1. The van der Waals surface area contributed by atoms with Crippen molar-refractivity contribution in [2.75, 3.05) is 14.7 Å². The van der Waals surface area contributed by atoms with Crippen LogP contribution in [0.5, 0.6) is 34.5 Å². The van der Waals surface area contributed by atoms with Crippen molar-refractivity contribution >= 4 is 97.4 Å². The third-order valence-corrected chi connectivity index (χ3v) is 15.7. The molecular formula is C68H55B2N3O3. The molecule has 10 aromatic rings. The Morgan fingerprint density at radius 1 is 0.342 bits per heavy atom. The van der Waals surface area contributed by atoms with Crippen LogP contribution in [0.15, 0.2) is 224 Å². The molecule has 0 unspecified atom stereocenters. The molecule has 8 heteroatoms. The van der Waals surface area contributed by atoms with Gasteiger partial charge in [0.15, 0.2) is 0 Å². The fourth-order valence-corrected chi connectivity index (χ4v) is 12.3. The predicted octanol–water partition coefficient (Wildman–Crippen LogP) is 14.4. The van der Waals surface area contributed by atoms with E-state index in [2.05, 4.69) is 253 Å². The number of aryl methyl sites for hydroxylation is 2. The Morgan fingerprint density at radius 2 is 0.763 bits per heavy atom. The number of ether oxygens (including phenoxy) is 3. The van der Waals surface area contributed by atoms with E-state index in [4.69, 9.17) is 14.2 Å². The van der Waals surface area contributed by atoms with Crippen molar-refractivity contribution in [3.8, 4) is 34.5 Å². The van der Waals surface area contributed by atoms with E-state index in [0.717, 1.165) is 129 Å². The Kier molecular flexibility index (Phi) is 11.5. The van der Waals surface area contributed by atoms with Crippen molar-refractivity contribution in [3.63, 3.8) is 0 Å². The summed E-state index contributed by atoms with van der Waals surface area (Å²) in [6.45, 7) is 4.21. The summed E-state index contributed by atoms with van der Waals surface area (Å²) < 4.78 is 21.2. The van der Waals surface area contributed by atoms with Crippen LogP contribution in [0.2, 0.25) is 0 Å². The largest absolute Gasteiger partial charge is 0.458 e. The highest BCUT2D eigenvalue weighted by Crippen LogP contribution is 2.49. The average molecular weight is 984 g/mol. The number of hydrogen-bond acceptors (Lipinski definition) is 6. The molecule has 0 fully saturated rings. The maximum Gasteiger partial charge on any atom is 0.256 e. The third-order valence-electron chi connectivity index (χ3n) is 15.7. The molecule has 6 nitrogen and oxygen atoms in total. The lowest BCUT2D eigenvalue weighted by Gasteiger charge is -2.45. The Balaban J connectivity index is 0.986. The van der Waals surface area contributed by atoms with Gasteiger partial charge in [-0.1, -0.05) is 148 Å². The number of rotatable bonds is 13. The first-order valence-electron chi connectivity index (χ1n) is 27.1. The van der Waals surface area contributed by atoms with Crippen LogP contribution in [-0.2, 0) is 12.8 Å². The van der Waals surface area contributed by atoms with E-state index in [1.54, 1.807) is 0 Å². The van der Waals surface area contributed by atoms with E-state index >= 15 is 0 Å². The van der Waals surface area contributed by atoms with Crippen molar-refractivity contribution in [2.24, 2.45) is 0 Å². The van der Waals surface area contributed by atoms with Gasteiger partial charge < -0.3 is 28.9 Å². The van der Waals surface area contributed by atoms with Crippen molar-refractivity contribution in [1.82, 2.24) is 0 Å². The van der Waals surface area contributed by atoms with Crippen LogP contribution >= 0.6 is 0 Å². The molecule has 10 aromatic carbocycles. The molecule has 0 aromatic heterocycles. The van der Waals surface area contributed by atoms with E-state index in [1.807, 2.05) is 0 Å². The summed E-state index contributed by atoms with van der Waals surface area (Å²) in [6, 6.07) is 80.9. The van der Waals surface area contributed by atoms with E-state index in [9.17, 15) is 0 Å². The van der Waals surface area contributed by atoms with E-state index in [1.165, 1.54) is 33.0 Å². The summed E-state index contributed by atoms with van der Waals surface area (Å²) in [7, 11) is 0. The van der Waals surface area contributed by atoms with Gasteiger partial charge in [0.25, 0.3) is 13.4 Å². The summed E-state index contributed by atoms with van der Waals surface area (Å²) >= 11 is 0. The van der Waals surface area contributed by atoms with Gasteiger partial charge in [-0.25, -0.2) is 0 Å². The van der Waals surface area contributed by atoms with Crippen LogP contribution in [0.4, 0.5) is 51.2 Å². The minimum Gasteiger partial charge on any atom is -0.458 e. The number of fused-ring (bicyclic) bond motifs is 8. The highest BCUT2D eigenvalue weighted by molar-refractivity contribution is 7.02. The topological polar surface area (TPSA) is 37.4 Å². The zero-order chi connectivity index (χ0) is 50.7. The maximum absolute atomic E-state index is 7.43. The van der Waals surface area contributed by atoms with Gasteiger partial charge in [0.1, 0.15) is 34.5 Å². The van der Waals surface area contributed by atoms with Crippen molar-refractivity contribution in [1.29, 1.82) is 0 Å². The minimum absolute atomic E-state index is 0.127. The smallest absolute Gasteiger partial charge is 0.256 e. The summed E-state index contributed by atoms with van der Waals surface area (Å²) in [5, 5.41) is 0. The second-order valence-corrected chi connectivity index (χ2v) is 20.5. The molecule has 366 valence electrons. The molecule has 0 saturated carbocycles. The summed E-state index contributed by atoms with van der Waals surface area (Å²) in [6.07, 6.45) is 6.76. The van der Waals surface area contributed by atoms with Gasteiger partial charge in [-0.3, -0.25) is 0 Å². The molecule has 4 aliphatic rings. The predicted molar refractivity (Wildman–Crippen MR) is 317 cm³/mol. The van der Waals surface area contributed by atoms with Crippen LogP contribution in [0.3, 0.4) is 0 Å². The Hall–Kier alpha value is -8.87. The van der Waals surface area contributed by atoms with Crippen LogP contribution in [-0.4, -0.2) is 13.4 Å². The first kappa shape index (κ1) is 45.7. The number of anilines is 9. The molecule has 76 heavy (non-hydrogen) atoms. The lowest BCUT2D eigenvalue weighted by atomic mass is 9.30. The van der Waals surface area contributed by atoms with Gasteiger partial charge in [0, 0.05) is 81.5 Å². The van der Waals surface area contributed by atoms with Gasteiger partial charge >= 0.3 is 0 Å². The van der Waals surface area contributed by atoms with Crippen LogP contribution in [0, 0.1) is 0 Å². The molecular weight excluding hydrogens is 928 g/mol. The standard InChI is InChI=1S/C68H55B2N3O3/c1-3-5-20-46-32-36-51(37-33-46)74-53-40-62-67-63(41-53)73(50-26-14-9-15-27-50)61-45-65-58(44-57(61)69(67)55-28-16-18-30-59(55)71(62)48-22-10-7-11-23-48)70-56-29-17-19-31-60(56)72(49-24-12-8-13-25-49)64-42-54(43-66(76-65)68(64)70)75-52-38-34-47(35-39-52)21-6-4-2/h7-19,22-45H,3-6,20-21H2,1-2H3. The van der Waals surface area contributed by atoms with E-state index < -0.39 is 0 Å². The van der Waals surface area contributed by atoms with Crippen molar-refractivity contribution in [2.45, 2.75) is 52.4 Å². The van der Waals surface area contributed by atoms with Crippen molar-refractivity contribution in [3.05, 3.63) is 236 Å². The maximum atomic E-state index is 7.43. The number of hydrogen-bond donors (Lipinski definition) is 0. The number of unbranched alkanes of at least 4 members (excludes halogenated alkanes) is 2. The van der Waals surface area contributed by atoms with E-state index in [-0.39, 0.29) is 13.4 Å². The summed E-state index contributed by atoms with van der Waals surface area (Å²) in [5.41, 5.74) is 19.5. The lowest BCUT2D eigenvalue weighted by Crippen LogP contribution is -2.64. The van der Waals surface area contributed by atoms with Gasteiger partial charge in [0.05, 0.1) is 0 Å². The molecule has 0 atom stereocenters. The molecule has 4 aliphatic heterocycles. The third kappa shape index (κ3) is 7.82. The van der Waals surface area contributed by atoms with Crippen LogP contribution in [0.1, 0.15) is 50.7 Å². The zero-order valence-electron chi connectivity index (χ0n) is 42.8. The average Bonchev–Trinajstić information content (AvgIpc) is 3.66. The molecule has 0 amide bonds. The monoisotopic (exact) mass is 983 g/mol. The number of para-hydroxylation sites is 5. The fraction of sp³-hybridized carbons (Fsp3) is 0.118. The minimum atomic E-state index is -0.142. The SMILES string of the molecule is CCCCc1ccc(Oc2cc3c4c(c2)N(c2ccccc2)c2ccccc2B4c2cc4c(cc2O3)N(c2ccccc2)c2cc(Oc3ccc(CCCC)cc3)cc3c2B4c2ccccc2N3c2ccccc2)cc1. The van der Waals surface area contributed by atoms with E-state index in [0.29, 0.717) is 5.75 Å².